The minimum Gasteiger partial charge on any atom is -0.481 e. The molecular weight excluding hydrogens is 250 g/mol. The number of hydrogen-bond donors (Lipinski definition) is 1. The van der Waals surface area contributed by atoms with Crippen molar-refractivity contribution >= 4 is 11.7 Å². The summed E-state index contributed by atoms with van der Waals surface area (Å²) in [7, 11) is 0. The highest BCUT2D eigenvalue weighted by molar-refractivity contribution is 5.77. The van der Waals surface area contributed by atoms with Crippen LogP contribution in [-0.4, -0.2) is 23.2 Å². The molecule has 1 saturated carbocycles. The molecule has 108 valence electrons. The molecule has 0 amide bonds. The highest BCUT2D eigenvalue weighted by Gasteiger charge is 2.46. The molecule has 1 N–H and O–H groups in total. The first kappa shape index (κ1) is 13.5. The van der Waals surface area contributed by atoms with Crippen molar-refractivity contribution in [1.29, 1.82) is 0 Å². The van der Waals surface area contributed by atoms with E-state index < -0.39 is 11.4 Å². The van der Waals surface area contributed by atoms with Crippen LogP contribution in [0.1, 0.15) is 45.1 Å². The van der Waals surface area contributed by atoms with Crippen LogP contribution >= 0.6 is 0 Å². The Morgan fingerprint density at radius 2 is 1.90 bits per heavy atom. The number of carbonyl (C=O) groups is 1. The Hall–Kier alpha value is -1.51. The molecule has 1 fully saturated rings. The van der Waals surface area contributed by atoms with Gasteiger partial charge in [0.05, 0.1) is 5.41 Å². The Labute approximate surface area is 120 Å². The first-order valence-electron chi connectivity index (χ1n) is 7.61. The number of anilines is 1. The quantitative estimate of drug-likeness (QED) is 0.916. The van der Waals surface area contributed by atoms with Gasteiger partial charge in [-0.15, -0.1) is 0 Å². The van der Waals surface area contributed by atoms with E-state index in [0.29, 0.717) is 6.04 Å². The predicted molar refractivity (Wildman–Crippen MR) is 80.1 cm³/mol. The second kappa shape index (κ2) is 4.80. The largest absolute Gasteiger partial charge is 0.481 e. The third-order valence-corrected chi connectivity index (χ3v) is 5.12. The summed E-state index contributed by atoms with van der Waals surface area (Å²) in [6.45, 7) is 3.74. The molecule has 1 aliphatic heterocycles. The van der Waals surface area contributed by atoms with Gasteiger partial charge >= 0.3 is 5.97 Å². The highest BCUT2D eigenvalue weighted by Crippen LogP contribution is 2.44. The molecule has 1 aromatic rings. The maximum absolute atomic E-state index is 11.7. The van der Waals surface area contributed by atoms with Crippen molar-refractivity contribution in [2.75, 3.05) is 4.90 Å². The fourth-order valence-electron chi connectivity index (χ4n) is 3.79. The lowest BCUT2D eigenvalue weighted by Gasteiger charge is -2.40. The zero-order valence-corrected chi connectivity index (χ0v) is 12.3. The molecule has 3 heteroatoms. The molecule has 0 radical (unpaired) electrons. The van der Waals surface area contributed by atoms with E-state index in [0.717, 1.165) is 6.42 Å². The molecular formula is C17H23NO2. The van der Waals surface area contributed by atoms with Crippen LogP contribution in [0.15, 0.2) is 24.3 Å². The Kier molecular flexibility index (Phi) is 3.23. The molecule has 1 atom stereocenters. The maximum Gasteiger partial charge on any atom is 0.311 e. The van der Waals surface area contributed by atoms with Gasteiger partial charge in [-0.1, -0.05) is 31.0 Å². The lowest BCUT2D eigenvalue weighted by Crippen LogP contribution is -2.51. The summed E-state index contributed by atoms with van der Waals surface area (Å²) in [4.78, 5) is 14.1. The third-order valence-electron chi connectivity index (χ3n) is 5.12. The minimum atomic E-state index is -0.721. The van der Waals surface area contributed by atoms with Crippen molar-refractivity contribution in [2.45, 2.75) is 58.0 Å². The van der Waals surface area contributed by atoms with Crippen molar-refractivity contribution in [3.63, 3.8) is 0 Å². The van der Waals surface area contributed by atoms with Gasteiger partial charge in [-0.2, -0.15) is 0 Å². The molecule has 0 spiro atoms. The lowest BCUT2D eigenvalue weighted by molar-refractivity contribution is -0.148. The van der Waals surface area contributed by atoms with E-state index in [1.54, 1.807) is 0 Å². The van der Waals surface area contributed by atoms with Crippen LogP contribution in [0.3, 0.4) is 0 Å². The summed E-state index contributed by atoms with van der Waals surface area (Å²) in [6.07, 6.45) is 5.78. The van der Waals surface area contributed by atoms with Crippen molar-refractivity contribution in [1.82, 2.24) is 0 Å². The summed E-state index contributed by atoms with van der Waals surface area (Å²) in [5.74, 6) is -0.696. The number of aliphatic carboxylic acids is 1. The van der Waals surface area contributed by atoms with Crippen LogP contribution in [0.5, 0.6) is 0 Å². The van der Waals surface area contributed by atoms with Gasteiger partial charge < -0.3 is 10.0 Å². The van der Waals surface area contributed by atoms with Gasteiger partial charge in [0, 0.05) is 17.8 Å². The Morgan fingerprint density at radius 1 is 1.25 bits per heavy atom. The summed E-state index contributed by atoms with van der Waals surface area (Å²) in [6, 6.07) is 9.02. The maximum atomic E-state index is 11.7. The molecule has 0 saturated heterocycles. The van der Waals surface area contributed by atoms with Gasteiger partial charge in [0.2, 0.25) is 0 Å². The molecule has 0 aromatic heterocycles. The Bertz CT molecular complexity index is 517. The van der Waals surface area contributed by atoms with E-state index in [9.17, 15) is 9.90 Å². The van der Waals surface area contributed by atoms with Gasteiger partial charge in [0.25, 0.3) is 0 Å². The Balaban J connectivity index is 2.00. The fourth-order valence-corrected chi connectivity index (χ4v) is 3.79. The molecule has 1 aliphatic carbocycles. The number of carboxylic acids is 1. The number of nitrogens with zero attached hydrogens (tertiary/aromatic N) is 1. The average molecular weight is 273 g/mol. The normalized spacial score (nSPS) is 23.1. The van der Waals surface area contributed by atoms with Crippen LogP contribution in [0, 0.1) is 5.41 Å². The predicted octanol–water partition coefficient (Wildman–Crippen LogP) is 3.47. The van der Waals surface area contributed by atoms with E-state index >= 15 is 0 Å². The van der Waals surface area contributed by atoms with Crippen molar-refractivity contribution < 1.29 is 9.90 Å². The van der Waals surface area contributed by atoms with Crippen LogP contribution in [0.25, 0.3) is 0 Å². The standard InChI is InChI=1S/C17H23NO2/c1-17(2,16(19)20)15-11-12-7-3-6-10-14(12)18(15)13-8-4-5-9-13/h3,6-7,10,13,15H,4-5,8-9,11H2,1-2H3,(H,19,20). The van der Waals surface area contributed by atoms with Gasteiger partial charge in [-0.05, 0) is 44.7 Å². The summed E-state index contributed by atoms with van der Waals surface area (Å²) < 4.78 is 0. The highest BCUT2D eigenvalue weighted by atomic mass is 16.4. The fraction of sp³-hybridized carbons (Fsp3) is 0.588. The molecule has 1 heterocycles. The van der Waals surface area contributed by atoms with Crippen LogP contribution in [-0.2, 0) is 11.2 Å². The van der Waals surface area contributed by atoms with E-state index in [2.05, 4.69) is 29.2 Å². The molecule has 0 bridgehead atoms. The van der Waals surface area contributed by atoms with Crippen LogP contribution in [0.4, 0.5) is 5.69 Å². The van der Waals surface area contributed by atoms with E-state index in [1.165, 1.54) is 36.9 Å². The number of rotatable bonds is 3. The monoisotopic (exact) mass is 273 g/mol. The van der Waals surface area contributed by atoms with E-state index in [4.69, 9.17) is 0 Å². The van der Waals surface area contributed by atoms with Crippen LogP contribution in [0.2, 0.25) is 0 Å². The number of carboxylic acid groups (broad SMARTS) is 1. The topological polar surface area (TPSA) is 40.5 Å². The third kappa shape index (κ3) is 2.00. The number of hydrogen-bond acceptors (Lipinski definition) is 2. The lowest BCUT2D eigenvalue weighted by atomic mass is 9.82. The minimum absolute atomic E-state index is 0.0699. The zero-order chi connectivity index (χ0) is 14.3. The smallest absolute Gasteiger partial charge is 0.311 e. The first-order chi connectivity index (χ1) is 9.51. The molecule has 20 heavy (non-hydrogen) atoms. The second-order valence-electron chi connectivity index (χ2n) is 6.72. The molecule has 2 aliphatic rings. The first-order valence-corrected chi connectivity index (χ1v) is 7.61. The average Bonchev–Trinajstić information content (AvgIpc) is 3.04. The van der Waals surface area contributed by atoms with Gasteiger partial charge in [0.15, 0.2) is 0 Å². The van der Waals surface area contributed by atoms with Crippen molar-refractivity contribution in [3.8, 4) is 0 Å². The van der Waals surface area contributed by atoms with Gasteiger partial charge in [-0.25, -0.2) is 0 Å². The Morgan fingerprint density at radius 3 is 2.55 bits per heavy atom. The SMILES string of the molecule is CC(C)(C(=O)O)C1Cc2ccccc2N1C1CCCC1. The van der Waals surface area contributed by atoms with Gasteiger partial charge in [0.1, 0.15) is 0 Å². The molecule has 3 nitrogen and oxygen atoms in total. The zero-order valence-electron chi connectivity index (χ0n) is 12.3. The molecule has 1 unspecified atom stereocenters. The molecule has 1 aromatic carbocycles. The number of para-hydroxylation sites is 1. The van der Waals surface area contributed by atoms with Crippen molar-refractivity contribution in [2.24, 2.45) is 5.41 Å². The van der Waals surface area contributed by atoms with E-state index in [1.807, 2.05) is 13.8 Å². The van der Waals surface area contributed by atoms with Crippen LogP contribution < -0.4 is 4.90 Å². The number of fused-ring (bicyclic) bond motifs is 1. The summed E-state index contributed by atoms with van der Waals surface area (Å²) in [5.41, 5.74) is 1.85. The second-order valence-corrected chi connectivity index (χ2v) is 6.72. The van der Waals surface area contributed by atoms with Gasteiger partial charge in [-0.3, -0.25) is 4.79 Å². The van der Waals surface area contributed by atoms with Crippen molar-refractivity contribution in [3.05, 3.63) is 29.8 Å². The van der Waals surface area contributed by atoms with E-state index in [-0.39, 0.29) is 6.04 Å². The number of benzene rings is 1. The molecule has 3 rings (SSSR count). The summed E-state index contributed by atoms with van der Waals surface area (Å²) in [5, 5.41) is 9.61. The summed E-state index contributed by atoms with van der Waals surface area (Å²) >= 11 is 0.